The van der Waals surface area contributed by atoms with Crippen molar-refractivity contribution >= 4 is 11.8 Å². The summed E-state index contributed by atoms with van der Waals surface area (Å²) in [5, 5.41) is 12.3. The summed E-state index contributed by atoms with van der Waals surface area (Å²) in [6, 6.07) is -0.321. The largest absolute Gasteiger partial charge is 0.394 e. The minimum Gasteiger partial charge on any atom is -0.394 e. The first-order valence-corrected chi connectivity index (χ1v) is 6.96. The fraction of sp³-hybridized carbons (Fsp3) is 0.714. The molecule has 1 heterocycles. The number of nitrogens with one attached hydrogen (secondary N) is 1. The maximum absolute atomic E-state index is 11.7. The van der Waals surface area contributed by atoms with E-state index in [0.717, 1.165) is 12.8 Å². The molecule has 2 aliphatic rings. The van der Waals surface area contributed by atoms with Crippen LogP contribution in [-0.4, -0.2) is 60.8 Å². The van der Waals surface area contributed by atoms with E-state index in [4.69, 9.17) is 4.74 Å². The molecule has 0 saturated heterocycles. The van der Waals surface area contributed by atoms with E-state index in [-0.39, 0.29) is 42.9 Å². The van der Waals surface area contributed by atoms with Gasteiger partial charge >= 0.3 is 0 Å². The molecule has 0 radical (unpaired) electrons. The van der Waals surface area contributed by atoms with E-state index in [1.807, 2.05) is 6.08 Å². The number of rotatable bonds is 5. The molecule has 0 aromatic rings. The zero-order valence-corrected chi connectivity index (χ0v) is 11.9. The van der Waals surface area contributed by atoms with Crippen LogP contribution in [0.3, 0.4) is 0 Å². The Labute approximate surface area is 118 Å². The molecule has 0 bridgehead atoms. The van der Waals surface area contributed by atoms with Gasteiger partial charge < -0.3 is 20.1 Å². The highest BCUT2D eigenvalue weighted by Gasteiger charge is 2.34. The zero-order chi connectivity index (χ0) is 14.7. The quantitative estimate of drug-likeness (QED) is 0.677. The maximum Gasteiger partial charge on any atom is 0.224 e. The van der Waals surface area contributed by atoms with Crippen molar-refractivity contribution < 1.29 is 19.4 Å². The Morgan fingerprint density at radius 2 is 2.05 bits per heavy atom. The number of nitrogens with zero attached hydrogens (tertiary/aromatic N) is 1. The summed E-state index contributed by atoms with van der Waals surface area (Å²) in [7, 11) is 3.38. The minimum atomic E-state index is -0.498. The van der Waals surface area contributed by atoms with Crippen LogP contribution in [-0.2, 0) is 14.3 Å². The van der Waals surface area contributed by atoms with Gasteiger partial charge in [0.05, 0.1) is 25.2 Å². The predicted molar refractivity (Wildman–Crippen MR) is 72.9 cm³/mol. The van der Waals surface area contributed by atoms with Crippen LogP contribution in [0.15, 0.2) is 12.2 Å². The van der Waals surface area contributed by atoms with Gasteiger partial charge in [0, 0.05) is 20.0 Å². The third kappa shape index (κ3) is 3.80. The third-order valence-electron chi connectivity index (χ3n) is 3.59. The van der Waals surface area contributed by atoms with E-state index in [9.17, 15) is 14.7 Å². The van der Waals surface area contributed by atoms with Crippen LogP contribution in [0, 0.1) is 5.92 Å². The van der Waals surface area contributed by atoms with Crippen molar-refractivity contribution in [2.75, 3.05) is 20.7 Å². The van der Waals surface area contributed by atoms with Gasteiger partial charge in [-0.2, -0.15) is 0 Å². The van der Waals surface area contributed by atoms with Crippen molar-refractivity contribution in [2.45, 2.75) is 37.5 Å². The van der Waals surface area contributed by atoms with Gasteiger partial charge in [-0.05, 0) is 12.8 Å². The summed E-state index contributed by atoms with van der Waals surface area (Å²) in [6.45, 7) is -0.188. The highest BCUT2D eigenvalue weighted by atomic mass is 16.5. The lowest BCUT2D eigenvalue weighted by Crippen LogP contribution is -2.49. The van der Waals surface area contributed by atoms with E-state index in [0.29, 0.717) is 0 Å². The zero-order valence-electron chi connectivity index (χ0n) is 11.9. The molecule has 0 aromatic heterocycles. The molecule has 1 fully saturated rings. The number of hydrogen-bond acceptors (Lipinski definition) is 4. The highest BCUT2D eigenvalue weighted by Crippen LogP contribution is 2.29. The van der Waals surface area contributed by atoms with Crippen LogP contribution in [0.25, 0.3) is 0 Å². The molecule has 0 unspecified atom stereocenters. The van der Waals surface area contributed by atoms with E-state index in [2.05, 4.69) is 5.32 Å². The molecule has 6 heteroatoms. The standard InChI is InChI=1S/C14H22N2O4/c1-16(2)13(18)7-10-5-6-11(12(8-17)20-10)15-14(19)9-3-4-9/h5-6,9-12,17H,3-4,7-8H2,1-2H3,(H,15,19)/t10-,11+,12+/m0/s1. The predicted octanol–water partition coefficient (Wildman–Crippen LogP) is -0.325. The molecular weight excluding hydrogens is 260 g/mol. The van der Waals surface area contributed by atoms with Gasteiger partial charge in [-0.25, -0.2) is 0 Å². The van der Waals surface area contributed by atoms with E-state index >= 15 is 0 Å². The minimum absolute atomic E-state index is 0.0181. The fourth-order valence-electron chi connectivity index (χ4n) is 2.12. The Kier molecular flexibility index (Phi) is 4.77. The van der Waals surface area contributed by atoms with Gasteiger partial charge in [0.2, 0.25) is 11.8 Å². The molecule has 2 N–H and O–H groups in total. The monoisotopic (exact) mass is 282 g/mol. The van der Waals surface area contributed by atoms with Crippen molar-refractivity contribution in [3.05, 3.63) is 12.2 Å². The van der Waals surface area contributed by atoms with Gasteiger partial charge in [0.1, 0.15) is 6.10 Å². The normalized spacial score (nSPS) is 29.1. The fourth-order valence-corrected chi connectivity index (χ4v) is 2.12. The van der Waals surface area contributed by atoms with Crippen LogP contribution < -0.4 is 5.32 Å². The molecule has 6 nitrogen and oxygen atoms in total. The number of hydrogen-bond donors (Lipinski definition) is 2. The first-order chi connectivity index (χ1) is 9.51. The molecule has 1 aliphatic heterocycles. The molecule has 2 amide bonds. The Hall–Kier alpha value is -1.40. The summed E-state index contributed by atoms with van der Waals surface area (Å²) >= 11 is 0. The number of aliphatic hydroxyl groups excluding tert-OH is 1. The Morgan fingerprint density at radius 1 is 1.35 bits per heavy atom. The maximum atomic E-state index is 11.7. The topological polar surface area (TPSA) is 78.9 Å². The van der Waals surface area contributed by atoms with Crippen LogP contribution >= 0.6 is 0 Å². The summed E-state index contributed by atoms with van der Waals surface area (Å²) in [4.78, 5) is 24.9. The average Bonchev–Trinajstić information content (AvgIpc) is 3.24. The van der Waals surface area contributed by atoms with Crippen molar-refractivity contribution in [1.82, 2.24) is 10.2 Å². The van der Waals surface area contributed by atoms with E-state index in [1.165, 1.54) is 4.90 Å². The lowest BCUT2D eigenvalue weighted by Gasteiger charge is -2.32. The van der Waals surface area contributed by atoms with Crippen molar-refractivity contribution in [1.29, 1.82) is 0 Å². The second-order valence-corrected chi connectivity index (χ2v) is 5.58. The molecule has 112 valence electrons. The second-order valence-electron chi connectivity index (χ2n) is 5.58. The summed E-state index contributed by atoms with van der Waals surface area (Å²) < 4.78 is 5.67. The highest BCUT2D eigenvalue weighted by molar-refractivity contribution is 5.81. The Morgan fingerprint density at radius 3 is 2.60 bits per heavy atom. The van der Waals surface area contributed by atoms with Gasteiger partial charge in [-0.3, -0.25) is 9.59 Å². The van der Waals surface area contributed by atoms with E-state index in [1.54, 1.807) is 20.2 Å². The van der Waals surface area contributed by atoms with Crippen molar-refractivity contribution in [3.63, 3.8) is 0 Å². The molecule has 1 aliphatic carbocycles. The third-order valence-corrected chi connectivity index (χ3v) is 3.59. The first kappa shape index (κ1) is 15.0. The molecule has 0 spiro atoms. The van der Waals surface area contributed by atoms with Crippen LogP contribution in [0.4, 0.5) is 0 Å². The number of amides is 2. The summed E-state index contributed by atoms with van der Waals surface area (Å²) in [5.41, 5.74) is 0. The molecule has 1 saturated carbocycles. The van der Waals surface area contributed by atoms with Gasteiger partial charge in [-0.1, -0.05) is 12.2 Å². The van der Waals surface area contributed by atoms with E-state index < -0.39 is 6.10 Å². The number of carbonyl (C=O) groups excluding carboxylic acids is 2. The Balaban J connectivity index is 1.91. The van der Waals surface area contributed by atoms with Gasteiger partial charge in [-0.15, -0.1) is 0 Å². The molecule has 20 heavy (non-hydrogen) atoms. The second kappa shape index (κ2) is 6.37. The van der Waals surface area contributed by atoms with Gasteiger partial charge in [0.15, 0.2) is 0 Å². The van der Waals surface area contributed by atoms with Crippen LogP contribution in [0.2, 0.25) is 0 Å². The van der Waals surface area contributed by atoms with Gasteiger partial charge in [0.25, 0.3) is 0 Å². The van der Waals surface area contributed by atoms with Crippen molar-refractivity contribution in [3.8, 4) is 0 Å². The number of carbonyl (C=O) groups is 2. The van der Waals surface area contributed by atoms with Crippen LogP contribution in [0.5, 0.6) is 0 Å². The lowest BCUT2D eigenvalue weighted by atomic mass is 10.0. The SMILES string of the molecule is CN(C)C(=O)C[C@@H]1C=C[C@@H](NC(=O)C2CC2)[C@@H](CO)O1. The molecular formula is C14H22N2O4. The van der Waals surface area contributed by atoms with Crippen LogP contribution in [0.1, 0.15) is 19.3 Å². The molecule has 0 aromatic carbocycles. The number of aliphatic hydroxyl groups is 1. The Bertz CT molecular complexity index is 404. The summed E-state index contributed by atoms with van der Waals surface area (Å²) in [5.74, 6) is 0.108. The summed E-state index contributed by atoms with van der Waals surface area (Å²) in [6.07, 6.45) is 4.87. The average molecular weight is 282 g/mol. The molecule has 3 atom stereocenters. The molecule has 2 rings (SSSR count). The smallest absolute Gasteiger partial charge is 0.224 e. The van der Waals surface area contributed by atoms with Crippen molar-refractivity contribution in [2.24, 2.45) is 5.92 Å². The first-order valence-electron chi connectivity index (χ1n) is 6.96. The number of ether oxygens (including phenoxy) is 1. The lowest BCUT2D eigenvalue weighted by molar-refractivity contribution is -0.134.